The smallest absolute Gasteiger partial charge is 0.228 e. The molecule has 0 aliphatic carbocycles. The summed E-state index contributed by atoms with van der Waals surface area (Å²) in [7, 11) is 1.61. The number of fused-ring (bicyclic) bond motifs is 1. The largest absolute Gasteiger partial charge is 0.497 e. The van der Waals surface area contributed by atoms with Gasteiger partial charge in [0.2, 0.25) is 5.91 Å². The molecule has 1 amide bonds. The van der Waals surface area contributed by atoms with Crippen molar-refractivity contribution in [3.05, 3.63) is 59.4 Å². The van der Waals surface area contributed by atoms with Crippen molar-refractivity contribution in [2.24, 2.45) is 0 Å². The molecule has 0 atom stereocenters. The number of carbonyl (C=O) groups is 1. The van der Waals surface area contributed by atoms with E-state index in [9.17, 15) is 4.79 Å². The highest BCUT2D eigenvalue weighted by Gasteiger charge is 2.13. The lowest BCUT2D eigenvalue weighted by Gasteiger charge is -2.06. The van der Waals surface area contributed by atoms with Gasteiger partial charge in [0.05, 0.1) is 19.8 Å². The summed E-state index contributed by atoms with van der Waals surface area (Å²) in [5, 5.41) is 3.88. The lowest BCUT2D eigenvalue weighted by molar-refractivity contribution is -0.115. The Morgan fingerprint density at radius 3 is 2.57 bits per heavy atom. The molecule has 0 bridgehead atoms. The molecule has 0 spiro atoms. The van der Waals surface area contributed by atoms with Crippen molar-refractivity contribution >= 4 is 22.6 Å². The zero-order valence-electron chi connectivity index (χ0n) is 13.5. The molecule has 4 nitrogen and oxygen atoms in total. The number of hydrogen-bond acceptors (Lipinski definition) is 3. The fourth-order valence-corrected chi connectivity index (χ4v) is 2.58. The number of rotatable bonds is 4. The van der Waals surface area contributed by atoms with Crippen molar-refractivity contribution in [2.75, 3.05) is 12.4 Å². The van der Waals surface area contributed by atoms with Gasteiger partial charge in [-0.25, -0.2) is 0 Å². The number of amides is 1. The van der Waals surface area contributed by atoms with E-state index in [4.69, 9.17) is 9.15 Å². The van der Waals surface area contributed by atoms with Crippen LogP contribution in [0.1, 0.15) is 16.7 Å². The Balaban J connectivity index is 1.76. The van der Waals surface area contributed by atoms with Crippen LogP contribution in [0.3, 0.4) is 0 Å². The van der Waals surface area contributed by atoms with Crippen LogP contribution >= 0.6 is 0 Å². The topological polar surface area (TPSA) is 51.5 Å². The number of aryl methyl sites for hydroxylation is 2. The van der Waals surface area contributed by atoms with Crippen LogP contribution in [-0.2, 0) is 11.2 Å². The predicted octanol–water partition coefficient (Wildman–Crippen LogP) is 4.24. The van der Waals surface area contributed by atoms with Gasteiger partial charge in [-0.1, -0.05) is 12.1 Å². The first-order chi connectivity index (χ1) is 11.1. The Hall–Kier alpha value is -2.75. The van der Waals surface area contributed by atoms with E-state index in [1.54, 1.807) is 13.4 Å². The standard InChI is InChI=1S/C19H19NO3/c1-12-4-9-17-14(11-23-19(17)13(12)2)10-18(21)20-15-5-7-16(22-3)8-6-15/h4-9,11H,10H2,1-3H3,(H,20,21). The maximum absolute atomic E-state index is 12.2. The molecule has 0 unspecified atom stereocenters. The highest BCUT2D eigenvalue weighted by atomic mass is 16.5. The number of furan rings is 1. The minimum absolute atomic E-state index is 0.0731. The van der Waals surface area contributed by atoms with E-state index in [0.717, 1.165) is 33.5 Å². The molecule has 1 heterocycles. The van der Waals surface area contributed by atoms with Crippen LogP contribution in [0.15, 0.2) is 47.1 Å². The number of benzene rings is 2. The van der Waals surface area contributed by atoms with E-state index in [1.807, 2.05) is 44.2 Å². The summed E-state index contributed by atoms with van der Waals surface area (Å²) in [6.07, 6.45) is 1.95. The molecule has 1 aromatic heterocycles. The summed E-state index contributed by atoms with van der Waals surface area (Å²) in [5.41, 5.74) is 4.80. The Morgan fingerprint density at radius 1 is 1.13 bits per heavy atom. The maximum atomic E-state index is 12.2. The molecule has 3 rings (SSSR count). The van der Waals surface area contributed by atoms with Crippen molar-refractivity contribution in [3.63, 3.8) is 0 Å². The van der Waals surface area contributed by atoms with Crippen LogP contribution < -0.4 is 10.1 Å². The number of nitrogens with one attached hydrogen (secondary N) is 1. The molecular formula is C19H19NO3. The maximum Gasteiger partial charge on any atom is 0.228 e. The third kappa shape index (κ3) is 3.06. The summed E-state index contributed by atoms with van der Waals surface area (Å²) in [6, 6.07) is 11.3. The first kappa shape index (κ1) is 15.2. The quantitative estimate of drug-likeness (QED) is 0.784. The number of methoxy groups -OCH3 is 1. The predicted molar refractivity (Wildman–Crippen MR) is 91.0 cm³/mol. The summed E-state index contributed by atoms with van der Waals surface area (Å²) >= 11 is 0. The van der Waals surface area contributed by atoms with Crippen LogP contribution in [-0.4, -0.2) is 13.0 Å². The number of hydrogen-bond donors (Lipinski definition) is 1. The molecule has 23 heavy (non-hydrogen) atoms. The zero-order valence-corrected chi connectivity index (χ0v) is 13.5. The van der Waals surface area contributed by atoms with Gasteiger partial charge in [0.25, 0.3) is 0 Å². The molecule has 3 aromatic rings. The van der Waals surface area contributed by atoms with Gasteiger partial charge >= 0.3 is 0 Å². The Morgan fingerprint density at radius 2 is 1.87 bits per heavy atom. The fraction of sp³-hybridized carbons (Fsp3) is 0.211. The average molecular weight is 309 g/mol. The molecule has 2 aromatic carbocycles. The number of carbonyl (C=O) groups excluding carboxylic acids is 1. The van der Waals surface area contributed by atoms with Crippen LogP contribution in [0.4, 0.5) is 5.69 Å². The zero-order chi connectivity index (χ0) is 16.4. The minimum Gasteiger partial charge on any atom is -0.497 e. The van der Waals surface area contributed by atoms with E-state index < -0.39 is 0 Å². The molecule has 0 saturated carbocycles. The van der Waals surface area contributed by atoms with Gasteiger partial charge in [-0.3, -0.25) is 4.79 Å². The summed E-state index contributed by atoms with van der Waals surface area (Å²) < 4.78 is 10.7. The second kappa shape index (κ2) is 6.16. The van der Waals surface area contributed by atoms with Gasteiger partial charge in [-0.2, -0.15) is 0 Å². The number of anilines is 1. The van der Waals surface area contributed by atoms with Crippen molar-refractivity contribution in [1.29, 1.82) is 0 Å². The third-order valence-corrected chi connectivity index (χ3v) is 4.07. The van der Waals surface area contributed by atoms with E-state index in [-0.39, 0.29) is 12.3 Å². The van der Waals surface area contributed by atoms with Gasteiger partial charge < -0.3 is 14.5 Å². The van der Waals surface area contributed by atoms with E-state index in [1.165, 1.54) is 5.56 Å². The van der Waals surface area contributed by atoms with Crippen LogP contribution in [0.2, 0.25) is 0 Å². The lowest BCUT2D eigenvalue weighted by Crippen LogP contribution is -2.14. The molecule has 118 valence electrons. The van der Waals surface area contributed by atoms with Gasteiger partial charge in [0.15, 0.2) is 0 Å². The number of ether oxygens (including phenoxy) is 1. The monoisotopic (exact) mass is 309 g/mol. The molecule has 0 radical (unpaired) electrons. The van der Waals surface area contributed by atoms with Crippen LogP contribution in [0.25, 0.3) is 11.0 Å². The van der Waals surface area contributed by atoms with Crippen molar-refractivity contribution in [1.82, 2.24) is 0 Å². The Labute approximate surface area is 135 Å². The summed E-state index contributed by atoms with van der Waals surface area (Å²) in [5.74, 6) is 0.686. The second-order valence-electron chi connectivity index (χ2n) is 5.60. The van der Waals surface area contributed by atoms with Crippen LogP contribution in [0.5, 0.6) is 5.75 Å². The minimum atomic E-state index is -0.0731. The normalized spacial score (nSPS) is 10.7. The Bertz CT molecular complexity index is 847. The van der Waals surface area contributed by atoms with E-state index >= 15 is 0 Å². The SMILES string of the molecule is COc1ccc(NC(=O)Cc2coc3c(C)c(C)ccc23)cc1. The molecular weight excluding hydrogens is 290 g/mol. The molecule has 1 N–H and O–H groups in total. The van der Waals surface area contributed by atoms with E-state index in [0.29, 0.717) is 0 Å². The lowest BCUT2D eigenvalue weighted by atomic mass is 10.0. The second-order valence-corrected chi connectivity index (χ2v) is 5.60. The van der Waals surface area contributed by atoms with Gasteiger partial charge in [0, 0.05) is 16.6 Å². The summed E-state index contributed by atoms with van der Waals surface area (Å²) in [6.45, 7) is 4.08. The first-order valence-corrected chi connectivity index (χ1v) is 7.48. The molecule has 0 saturated heterocycles. The molecule has 0 fully saturated rings. The van der Waals surface area contributed by atoms with Gasteiger partial charge in [0.1, 0.15) is 11.3 Å². The third-order valence-electron chi connectivity index (χ3n) is 4.07. The highest BCUT2D eigenvalue weighted by molar-refractivity contribution is 5.95. The highest BCUT2D eigenvalue weighted by Crippen LogP contribution is 2.27. The first-order valence-electron chi connectivity index (χ1n) is 7.48. The van der Waals surface area contributed by atoms with E-state index in [2.05, 4.69) is 11.4 Å². The van der Waals surface area contributed by atoms with Crippen molar-refractivity contribution < 1.29 is 13.9 Å². The van der Waals surface area contributed by atoms with Crippen molar-refractivity contribution in [2.45, 2.75) is 20.3 Å². The van der Waals surface area contributed by atoms with Gasteiger partial charge in [-0.15, -0.1) is 0 Å². The average Bonchev–Trinajstić information content (AvgIpc) is 2.95. The molecule has 4 heteroatoms. The van der Waals surface area contributed by atoms with Gasteiger partial charge in [-0.05, 0) is 49.2 Å². The van der Waals surface area contributed by atoms with Crippen LogP contribution in [0, 0.1) is 13.8 Å². The molecule has 0 aliphatic heterocycles. The summed E-state index contributed by atoms with van der Waals surface area (Å²) in [4.78, 5) is 12.2. The fourth-order valence-electron chi connectivity index (χ4n) is 2.58. The molecule has 0 aliphatic rings. The Kier molecular flexibility index (Phi) is 4.06. The van der Waals surface area contributed by atoms with Crippen molar-refractivity contribution in [3.8, 4) is 5.75 Å².